The van der Waals surface area contributed by atoms with Crippen molar-refractivity contribution in [3.05, 3.63) is 94.4 Å². The molecular weight excluding hydrogens is 426 g/mol. The van der Waals surface area contributed by atoms with Crippen LogP contribution < -0.4 is 5.32 Å². The van der Waals surface area contributed by atoms with E-state index in [0.29, 0.717) is 13.0 Å². The molecule has 0 bridgehead atoms. The lowest BCUT2D eigenvalue weighted by Gasteiger charge is -2.41. The number of carbonyl (C=O) groups is 1. The van der Waals surface area contributed by atoms with Crippen LogP contribution in [-0.4, -0.2) is 24.3 Å². The molecule has 2 aromatic carbocycles. The van der Waals surface area contributed by atoms with E-state index in [4.69, 9.17) is 13.9 Å². The van der Waals surface area contributed by atoms with Crippen molar-refractivity contribution in [1.82, 2.24) is 5.32 Å². The predicted molar refractivity (Wildman–Crippen MR) is 133 cm³/mol. The van der Waals surface area contributed by atoms with Gasteiger partial charge >= 0.3 is 0 Å². The summed E-state index contributed by atoms with van der Waals surface area (Å²) < 4.78 is 18.0. The highest BCUT2D eigenvalue weighted by Gasteiger charge is 2.38. The van der Waals surface area contributed by atoms with Gasteiger partial charge in [0.15, 0.2) is 11.5 Å². The van der Waals surface area contributed by atoms with E-state index in [1.54, 1.807) is 6.07 Å². The maximum atomic E-state index is 13.1. The first-order chi connectivity index (χ1) is 16.0. The summed E-state index contributed by atoms with van der Waals surface area (Å²) in [5, 5.41) is 3.06. The third-order valence-electron chi connectivity index (χ3n) is 6.30. The summed E-state index contributed by atoms with van der Waals surface area (Å²) >= 11 is 0. The third-order valence-corrected chi connectivity index (χ3v) is 6.30. The van der Waals surface area contributed by atoms with Crippen LogP contribution in [0.15, 0.2) is 65.1 Å². The molecule has 180 valence electrons. The first-order valence-corrected chi connectivity index (χ1v) is 11.9. The number of hydrogen-bond donors (Lipinski definition) is 1. The van der Waals surface area contributed by atoms with Gasteiger partial charge in [-0.2, -0.15) is 0 Å². The van der Waals surface area contributed by atoms with E-state index in [9.17, 15) is 4.79 Å². The molecule has 1 amide bonds. The molecule has 1 fully saturated rings. The molecular formula is C29H35NO4. The molecule has 0 aliphatic carbocycles. The Labute approximate surface area is 202 Å². The number of benzene rings is 2. The van der Waals surface area contributed by atoms with Gasteiger partial charge in [-0.3, -0.25) is 4.79 Å². The second kappa shape index (κ2) is 9.40. The number of ether oxygens (including phenoxy) is 2. The molecule has 5 heteroatoms. The highest BCUT2D eigenvalue weighted by atomic mass is 16.7. The number of rotatable bonds is 5. The van der Waals surface area contributed by atoms with Crippen molar-refractivity contribution < 1.29 is 18.7 Å². The van der Waals surface area contributed by atoms with E-state index in [1.165, 1.54) is 16.7 Å². The van der Waals surface area contributed by atoms with Crippen LogP contribution in [0.5, 0.6) is 0 Å². The van der Waals surface area contributed by atoms with Crippen molar-refractivity contribution in [2.45, 2.75) is 71.3 Å². The SMILES string of the molecule is Cc1ccc(C(C)(C)C)cc1Cc1ccc(C(=O)NC2COC(C)(C)OC2c2ccccc2)o1. The van der Waals surface area contributed by atoms with E-state index in [2.05, 4.69) is 51.2 Å². The van der Waals surface area contributed by atoms with Gasteiger partial charge in [0.1, 0.15) is 11.9 Å². The first-order valence-electron chi connectivity index (χ1n) is 11.9. The summed E-state index contributed by atoms with van der Waals surface area (Å²) in [5.41, 5.74) is 4.77. The number of furan rings is 1. The number of aryl methyl sites for hydroxylation is 1. The summed E-state index contributed by atoms with van der Waals surface area (Å²) in [6, 6.07) is 19.8. The molecule has 4 rings (SSSR count). The molecule has 0 saturated carbocycles. The number of amides is 1. The second-order valence-corrected chi connectivity index (χ2v) is 10.6. The van der Waals surface area contributed by atoms with Gasteiger partial charge in [-0.1, -0.05) is 69.3 Å². The normalized spacial score (nSPS) is 20.2. The molecule has 2 unspecified atom stereocenters. The average molecular weight is 462 g/mol. The molecule has 1 aliphatic heterocycles. The minimum Gasteiger partial charge on any atom is -0.456 e. The van der Waals surface area contributed by atoms with Gasteiger partial charge in [0.25, 0.3) is 5.91 Å². The number of nitrogens with one attached hydrogen (secondary N) is 1. The minimum atomic E-state index is -0.723. The van der Waals surface area contributed by atoms with Crippen LogP contribution in [0, 0.1) is 6.92 Å². The average Bonchev–Trinajstić information content (AvgIpc) is 3.25. The van der Waals surface area contributed by atoms with E-state index in [0.717, 1.165) is 11.3 Å². The van der Waals surface area contributed by atoms with Gasteiger partial charge in [0.05, 0.1) is 12.6 Å². The molecule has 1 aliphatic rings. The van der Waals surface area contributed by atoms with Gasteiger partial charge in [0, 0.05) is 6.42 Å². The molecule has 5 nitrogen and oxygen atoms in total. The van der Waals surface area contributed by atoms with E-state index in [1.807, 2.05) is 50.2 Å². The van der Waals surface area contributed by atoms with E-state index < -0.39 is 5.79 Å². The van der Waals surface area contributed by atoms with Gasteiger partial charge in [-0.15, -0.1) is 0 Å². The topological polar surface area (TPSA) is 60.7 Å². The molecule has 3 aromatic rings. The summed E-state index contributed by atoms with van der Waals surface area (Å²) in [6.45, 7) is 12.8. The Morgan fingerprint density at radius 1 is 1.06 bits per heavy atom. The fourth-order valence-electron chi connectivity index (χ4n) is 4.21. The molecule has 34 heavy (non-hydrogen) atoms. The zero-order chi connectivity index (χ0) is 24.5. The third kappa shape index (κ3) is 5.60. The molecule has 0 spiro atoms. The van der Waals surface area contributed by atoms with Crippen molar-refractivity contribution in [3.63, 3.8) is 0 Å². The molecule has 1 N–H and O–H groups in total. The molecule has 0 radical (unpaired) electrons. The van der Waals surface area contributed by atoms with Crippen LogP contribution in [-0.2, 0) is 21.3 Å². The van der Waals surface area contributed by atoms with Crippen molar-refractivity contribution in [2.24, 2.45) is 0 Å². The lowest BCUT2D eigenvalue weighted by atomic mass is 9.85. The molecule has 2 heterocycles. The molecule has 2 atom stereocenters. The first kappa shape index (κ1) is 24.2. The van der Waals surface area contributed by atoms with Gasteiger partial charge in [-0.25, -0.2) is 0 Å². The smallest absolute Gasteiger partial charge is 0.287 e. The van der Waals surface area contributed by atoms with Crippen LogP contribution >= 0.6 is 0 Å². The van der Waals surface area contributed by atoms with Crippen LogP contribution in [0.1, 0.15) is 79.3 Å². The summed E-state index contributed by atoms with van der Waals surface area (Å²) in [4.78, 5) is 13.1. The van der Waals surface area contributed by atoms with Gasteiger partial charge < -0.3 is 19.2 Å². The largest absolute Gasteiger partial charge is 0.456 e. The molecule has 1 aromatic heterocycles. The Morgan fingerprint density at radius 3 is 2.50 bits per heavy atom. The number of hydrogen-bond acceptors (Lipinski definition) is 4. The van der Waals surface area contributed by atoms with Crippen LogP contribution in [0.2, 0.25) is 0 Å². The fraction of sp³-hybridized carbons (Fsp3) is 0.414. The minimum absolute atomic E-state index is 0.0741. The fourth-order valence-corrected chi connectivity index (χ4v) is 4.21. The lowest BCUT2D eigenvalue weighted by molar-refractivity contribution is -0.284. The monoisotopic (exact) mass is 461 g/mol. The zero-order valence-electron chi connectivity index (χ0n) is 21.0. The standard InChI is InChI=1S/C29H35NO4/c1-19-12-13-22(28(2,3)4)16-21(19)17-23-14-15-25(33-23)27(31)30-24-18-32-29(5,6)34-26(24)20-10-8-7-9-11-20/h7-16,24,26H,17-18H2,1-6H3,(H,30,31). The second-order valence-electron chi connectivity index (χ2n) is 10.6. The quantitative estimate of drug-likeness (QED) is 0.499. The Kier molecular flexibility index (Phi) is 6.70. The van der Waals surface area contributed by atoms with E-state index >= 15 is 0 Å². The van der Waals surface area contributed by atoms with Crippen molar-refractivity contribution in [2.75, 3.05) is 6.61 Å². The van der Waals surface area contributed by atoms with Crippen molar-refractivity contribution in [1.29, 1.82) is 0 Å². The maximum Gasteiger partial charge on any atom is 0.287 e. The van der Waals surface area contributed by atoms with Crippen LogP contribution in [0.3, 0.4) is 0 Å². The zero-order valence-corrected chi connectivity index (χ0v) is 21.0. The highest BCUT2D eigenvalue weighted by molar-refractivity contribution is 5.91. The predicted octanol–water partition coefficient (Wildman–Crippen LogP) is 6.10. The Hall–Kier alpha value is -2.89. The Morgan fingerprint density at radius 2 is 1.79 bits per heavy atom. The molecule has 1 saturated heterocycles. The van der Waals surface area contributed by atoms with Crippen LogP contribution in [0.25, 0.3) is 0 Å². The van der Waals surface area contributed by atoms with Crippen molar-refractivity contribution >= 4 is 5.91 Å². The summed E-state index contributed by atoms with van der Waals surface area (Å²) in [7, 11) is 0. The summed E-state index contributed by atoms with van der Waals surface area (Å²) in [6.07, 6.45) is 0.325. The van der Waals surface area contributed by atoms with Crippen LogP contribution in [0.4, 0.5) is 0 Å². The number of carbonyl (C=O) groups excluding carboxylic acids is 1. The van der Waals surface area contributed by atoms with Crippen molar-refractivity contribution in [3.8, 4) is 0 Å². The Bertz CT molecular complexity index is 1140. The Balaban J connectivity index is 1.48. The maximum absolute atomic E-state index is 13.1. The lowest BCUT2D eigenvalue weighted by Crippen LogP contribution is -2.51. The van der Waals surface area contributed by atoms with Gasteiger partial charge in [0.2, 0.25) is 0 Å². The van der Waals surface area contributed by atoms with E-state index in [-0.39, 0.29) is 29.2 Å². The summed E-state index contributed by atoms with van der Waals surface area (Å²) in [5.74, 6) is 0.0516. The van der Waals surface area contributed by atoms with Gasteiger partial charge in [-0.05, 0) is 60.6 Å². The highest BCUT2D eigenvalue weighted by Crippen LogP contribution is 2.33.